The third kappa shape index (κ3) is 0.857. The summed E-state index contributed by atoms with van der Waals surface area (Å²) in [6, 6.07) is -0.498. The van der Waals surface area contributed by atoms with Gasteiger partial charge < -0.3 is 10.4 Å². The van der Waals surface area contributed by atoms with Crippen molar-refractivity contribution in [2.45, 2.75) is 31.2 Å². The number of aliphatic carboxylic acids is 1. The fraction of sp³-hybridized carbons (Fsp3) is 0.700. The predicted molar refractivity (Wildman–Crippen MR) is 51.4 cm³/mol. The van der Waals surface area contributed by atoms with Gasteiger partial charge in [0.05, 0.1) is 5.92 Å². The summed E-state index contributed by atoms with van der Waals surface area (Å²) in [6.45, 7) is 0. The van der Waals surface area contributed by atoms with Gasteiger partial charge in [-0.05, 0) is 25.7 Å². The minimum absolute atomic E-state index is 0.348. The summed E-state index contributed by atoms with van der Waals surface area (Å²) < 4.78 is 0. The first-order chi connectivity index (χ1) is 7.52. The van der Waals surface area contributed by atoms with Crippen molar-refractivity contribution in [3.8, 4) is 0 Å². The van der Waals surface area contributed by atoms with Crippen LogP contribution in [0.1, 0.15) is 25.7 Å². The smallest absolute Gasteiger partial charge is 0.322 e. The zero-order valence-electron chi connectivity index (χ0n) is 8.58. The quantitative estimate of drug-likeness (QED) is 0.539. The van der Waals surface area contributed by atoms with Crippen molar-refractivity contribution in [1.82, 2.24) is 10.6 Å². The van der Waals surface area contributed by atoms with Crippen molar-refractivity contribution in [3.63, 3.8) is 0 Å². The lowest BCUT2D eigenvalue weighted by atomic mass is 9.82. The number of hydrogen-bond donors (Lipinski definition) is 3. The highest BCUT2D eigenvalue weighted by molar-refractivity contribution is 6.08. The molecule has 6 heteroatoms. The molecule has 3 atom stereocenters. The SMILES string of the molecule is O=C1NC(=O)[C@@]2(CCCC23CC3C(=O)O)N1. The number of carboxylic acid groups (broad SMARTS) is 1. The van der Waals surface area contributed by atoms with Crippen molar-refractivity contribution in [2.24, 2.45) is 11.3 Å². The van der Waals surface area contributed by atoms with E-state index in [-0.39, 0.29) is 5.91 Å². The van der Waals surface area contributed by atoms with Gasteiger partial charge in [-0.15, -0.1) is 0 Å². The monoisotopic (exact) mass is 224 g/mol. The van der Waals surface area contributed by atoms with Crippen molar-refractivity contribution in [3.05, 3.63) is 0 Å². The number of rotatable bonds is 1. The van der Waals surface area contributed by atoms with E-state index in [4.69, 9.17) is 5.11 Å². The first-order valence-corrected chi connectivity index (χ1v) is 5.38. The van der Waals surface area contributed by atoms with Gasteiger partial charge in [0, 0.05) is 5.41 Å². The summed E-state index contributed by atoms with van der Waals surface area (Å²) >= 11 is 0. The molecule has 6 nitrogen and oxygen atoms in total. The average Bonchev–Trinajstić information content (AvgIpc) is 2.71. The third-order valence-electron chi connectivity index (χ3n) is 4.34. The molecule has 2 spiro atoms. The summed E-state index contributed by atoms with van der Waals surface area (Å²) in [5, 5.41) is 13.9. The zero-order valence-corrected chi connectivity index (χ0v) is 8.58. The Hall–Kier alpha value is -1.59. The summed E-state index contributed by atoms with van der Waals surface area (Å²) in [7, 11) is 0. The van der Waals surface area contributed by atoms with Crippen LogP contribution in [0.25, 0.3) is 0 Å². The summed E-state index contributed by atoms with van der Waals surface area (Å²) in [5.74, 6) is -1.70. The highest BCUT2D eigenvalue weighted by Crippen LogP contribution is 2.68. The van der Waals surface area contributed by atoms with Gasteiger partial charge in [0.2, 0.25) is 0 Å². The predicted octanol–water partition coefficient (Wildman–Crippen LogP) is -0.161. The van der Waals surface area contributed by atoms with Crippen LogP contribution < -0.4 is 10.6 Å². The van der Waals surface area contributed by atoms with Gasteiger partial charge in [-0.2, -0.15) is 0 Å². The number of nitrogens with one attached hydrogen (secondary N) is 2. The Balaban J connectivity index is 2.00. The number of carboxylic acids is 1. The molecule has 3 amide bonds. The Bertz CT molecular complexity index is 421. The summed E-state index contributed by atoms with van der Waals surface area (Å²) in [5.41, 5.74) is -1.48. The number of urea groups is 1. The fourth-order valence-electron chi connectivity index (χ4n) is 3.53. The minimum Gasteiger partial charge on any atom is -0.481 e. The van der Waals surface area contributed by atoms with E-state index in [2.05, 4.69) is 10.6 Å². The Morgan fingerprint density at radius 2 is 2.12 bits per heavy atom. The van der Waals surface area contributed by atoms with Crippen LogP contribution >= 0.6 is 0 Å². The molecule has 3 N–H and O–H groups in total. The van der Waals surface area contributed by atoms with Crippen LogP contribution in [0.15, 0.2) is 0 Å². The molecule has 0 aromatic carbocycles. The van der Waals surface area contributed by atoms with Gasteiger partial charge in [0.15, 0.2) is 0 Å². The number of hydrogen-bond acceptors (Lipinski definition) is 3. The molecule has 2 aliphatic carbocycles. The Kier molecular flexibility index (Phi) is 1.54. The second-order valence-electron chi connectivity index (χ2n) is 4.92. The lowest BCUT2D eigenvalue weighted by Crippen LogP contribution is -2.52. The summed E-state index contributed by atoms with van der Waals surface area (Å²) in [4.78, 5) is 34.1. The maximum atomic E-state index is 11.8. The first kappa shape index (κ1) is 9.62. The average molecular weight is 224 g/mol. The van der Waals surface area contributed by atoms with E-state index in [0.29, 0.717) is 19.3 Å². The molecule has 0 radical (unpaired) electrons. The largest absolute Gasteiger partial charge is 0.481 e. The molecule has 3 rings (SSSR count). The van der Waals surface area contributed by atoms with Crippen molar-refractivity contribution >= 4 is 17.9 Å². The van der Waals surface area contributed by atoms with E-state index >= 15 is 0 Å². The Morgan fingerprint density at radius 3 is 2.62 bits per heavy atom. The van der Waals surface area contributed by atoms with Crippen molar-refractivity contribution in [2.75, 3.05) is 0 Å². The number of amides is 3. The topological polar surface area (TPSA) is 95.5 Å². The molecule has 86 valence electrons. The first-order valence-electron chi connectivity index (χ1n) is 5.38. The highest BCUT2D eigenvalue weighted by atomic mass is 16.4. The molecule has 2 saturated carbocycles. The van der Waals surface area contributed by atoms with Crippen molar-refractivity contribution in [1.29, 1.82) is 0 Å². The molecular weight excluding hydrogens is 212 g/mol. The molecular formula is C10H12N2O4. The molecule has 0 aromatic rings. The number of imide groups is 1. The fourth-order valence-corrected chi connectivity index (χ4v) is 3.53. The minimum atomic E-state index is -0.951. The van der Waals surface area contributed by atoms with Crippen molar-refractivity contribution < 1.29 is 19.5 Å². The second-order valence-corrected chi connectivity index (χ2v) is 4.92. The second kappa shape index (κ2) is 2.56. The molecule has 16 heavy (non-hydrogen) atoms. The van der Waals surface area contributed by atoms with E-state index in [1.165, 1.54) is 0 Å². The van der Waals surface area contributed by atoms with Gasteiger partial charge in [-0.1, -0.05) is 0 Å². The van der Waals surface area contributed by atoms with E-state index < -0.39 is 28.9 Å². The molecule has 3 aliphatic rings. The number of fused-ring (bicyclic) bond motifs is 1. The Labute approximate surface area is 91.4 Å². The molecule has 2 unspecified atom stereocenters. The maximum Gasteiger partial charge on any atom is 0.322 e. The number of carbonyl (C=O) groups is 3. The van der Waals surface area contributed by atoms with Crippen LogP contribution in [-0.2, 0) is 9.59 Å². The van der Waals surface area contributed by atoms with Gasteiger partial charge in [-0.25, -0.2) is 4.79 Å². The third-order valence-corrected chi connectivity index (χ3v) is 4.34. The van der Waals surface area contributed by atoms with Crippen LogP contribution in [0.5, 0.6) is 0 Å². The van der Waals surface area contributed by atoms with Crippen LogP contribution in [0.3, 0.4) is 0 Å². The maximum absolute atomic E-state index is 11.8. The summed E-state index contributed by atoms with van der Waals surface area (Å²) in [6.07, 6.45) is 2.54. The van der Waals surface area contributed by atoms with E-state index in [9.17, 15) is 14.4 Å². The normalized spacial score (nSPS) is 44.9. The van der Waals surface area contributed by atoms with E-state index in [0.717, 1.165) is 6.42 Å². The molecule has 0 bridgehead atoms. The molecule has 1 saturated heterocycles. The van der Waals surface area contributed by atoms with Gasteiger partial charge >= 0.3 is 12.0 Å². The van der Waals surface area contributed by atoms with E-state index in [1.54, 1.807) is 0 Å². The van der Waals surface area contributed by atoms with Crippen LogP contribution in [0.2, 0.25) is 0 Å². The molecule has 3 fully saturated rings. The highest BCUT2D eigenvalue weighted by Gasteiger charge is 2.75. The molecule has 1 heterocycles. The van der Waals surface area contributed by atoms with E-state index in [1.807, 2.05) is 0 Å². The van der Waals surface area contributed by atoms with Crippen LogP contribution in [0, 0.1) is 11.3 Å². The molecule has 1 aliphatic heterocycles. The standard InChI is InChI=1S/C10H12N2O4/c13-6(14)5-4-9(5)2-1-3-10(9)7(15)11-8(16)12-10/h5H,1-4H2,(H,13,14)(H2,11,12,15,16)/t5?,9?,10-/m1/s1. The lowest BCUT2D eigenvalue weighted by Gasteiger charge is -2.28. The molecule has 0 aromatic heterocycles. The van der Waals surface area contributed by atoms with Gasteiger partial charge in [-0.3, -0.25) is 14.9 Å². The van der Waals surface area contributed by atoms with Gasteiger partial charge in [0.1, 0.15) is 5.54 Å². The Morgan fingerprint density at radius 1 is 1.38 bits per heavy atom. The van der Waals surface area contributed by atoms with Crippen LogP contribution in [0.4, 0.5) is 4.79 Å². The zero-order chi connectivity index (χ0) is 11.6. The number of carbonyl (C=O) groups excluding carboxylic acids is 2. The lowest BCUT2D eigenvalue weighted by molar-refractivity contribution is -0.140. The van der Waals surface area contributed by atoms with Gasteiger partial charge in [0.25, 0.3) is 5.91 Å². The van der Waals surface area contributed by atoms with Crippen LogP contribution in [-0.4, -0.2) is 28.6 Å².